The van der Waals surface area contributed by atoms with Crippen LogP contribution in [0.5, 0.6) is 0 Å². The van der Waals surface area contributed by atoms with Crippen LogP contribution < -0.4 is 11.1 Å². The molecule has 0 atom stereocenters. The normalized spacial score (nSPS) is 10.1. The Bertz CT molecular complexity index is 301. The van der Waals surface area contributed by atoms with Gasteiger partial charge < -0.3 is 10.5 Å². The van der Waals surface area contributed by atoms with E-state index in [-0.39, 0.29) is 12.5 Å². The highest BCUT2D eigenvalue weighted by Crippen LogP contribution is 2.13. The predicted molar refractivity (Wildman–Crippen MR) is 55.4 cm³/mol. The van der Waals surface area contributed by atoms with Gasteiger partial charge in [-0.15, -0.1) is 11.3 Å². The van der Waals surface area contributed by atoms with Gasteiger partial charge in [0, 0.05) is 11.9 Å². The molecule has 1 rings (SSSR count). The zero-order valence-electron chi connectivity index (χ0n) is 7.95. The Balaban J connectivity index is 2.27. The minimum absolute atomic E-state index is 0.0236. The van der Waals surface area contributed by atoms with Crippen molar-refractivity contribution in [3.63, 3.8) is 0 Å². The first-order valence-electron chi connectivity index (χ1n) is 4.22. The van der Waals surface area contributed by atoms with Crippen LogP contribution in [0.3, 0.4) is 0 Å². The number of thiazole rings is 1. The fraction of sp³-hybridized carbons (Fsp3) is 0.500. The van der Waals surface area contributed by atoms with Crippen molar-refractivity contribution in [3.8, 4) is 0 Å². The summed E-state index contributed by atoms with van der Waals surface area (Å²) in [5.41, 5.74) is 6.10. The number of aryl methyl sites for hydroxylation is 1. The summed E-state index contributed by atoms with van der Waals surface area (Å²) in [5, 5.41) is 5.10. The van der Waals surface area contributed by atoms with Crippen LogP contribution >= 0.6 is 11.3 Å². The van der Waals surface area contributed by atoms with Crippen molar-refractivity contribution >= 4 is 22.4 Å². The monoisotopic (exact) mass is 215 g/mol. The van der Waals surface area contributed by atoms with Crippen LogP contribution in [0.4, 0.5) is 5.13 Å². The van der Waals surface area contributed by atoms with E-state index in [2.05, 4.69) is 10.3 Å². The topological polar surface area (TPSA) is 77.2 Å². The molecule has 6 heteroatoms. The molecule has 1 aromatic heterocycles. The van der Waals surface area contributed by atoms with Crippen molar-refractivity contribution in [2.24, 2.45) is 5.73 Å². The van der Waals surface area contributed by atoms with E-state index in [1.807, 2.05) is 12.3 Å². The van der Waals surface area contributed by atoms with Crippen molar-refractivity contribution in [1.82, 2.24) is 4.98 Å². The van der Waals surface area contributed by atoms with Gasteiger partial charge >= 0.3 is 0 Å². The lowest BCUT2D eigenvalue weighted by molar-refractivity contribution is -0.120. The van der Waals surface area contributed by atoms with Crippen LogP contribution in [0.1, 0.15) is 5.69 Å². The maximum absolute atomic E-state index is 11.2. The number of nitrogens with one attached hydrogen (secondary N) is 1. The fourth-order valence-corrected chi connectivity index (χ4v) is 1.52. The van der Waals surface area contributed by atoms with E-state index in [9.17, 15) is 4.79 Å². The summed E-state index contributed by atoms with van der Waals surface area (Å²) >= 11 is 1.39. The molecular formula is C8H13N3O2S. The van der Waals surface area contributed by atoms with Crippen LogP contribution in [0.2, 0.25) is 0 Å². The summed E-state index contributed by atoms with van der Waals surface area (Å²) in [7, 11) is 0. The molecule has 14 heavy (non-hydrogen) atoms. The van der Waals surface area contributed by atoms with Gasteiger partial charge in [0.15, 0.2) is 5.13 Å². The Morgan fingerprint density at radius 3 is 3.14 bits per heavy atom. The lowest BCUT2D eigenvalue weighted by atomic mass is 10.6. The van der Waals surface area contributed by atoms with Crippen LogP contribution in [0, 0.1) is 6.92 Å². The molecule has 0 unspecified atom stereocenters. The molecule has 1 aromatic rings. The van der Waals surface area contributed by atoms with Gasteiger partial charge in [-0.2, -0.15) is 0 Å². The van der Waals surface area contributed by atoms with E-state index in [0.717, 1.165) is 5.69 Å². The standard InChI is InChI=1S/C8H13N3O2S/c1-6-5-14-8(10-6)11-7(12)4-13-3-2-9/h5H,2-4,9H2,1H3,(H,10,11,12). The second-order valence-electron chi connectivity index (χ2n) is 2.68. The number of carbonyl (C=O) groups is 1. The largest absolute Gasteiger partial charge is 0.370 e. The quantitative estimate of drug-likeness (QED) is 0.695. The molecule has 78 valence electrons. The van der Waals surface area contributed by atoms with Gasteiger partial charge in [-0.25, -0.2) is 4.98 Å². The van der Waals surface area contributed by atoms with E-state index in [0.29, 0.717) is 18.3 Å². The summed E-state index contributed by atoms with van der Waals surface area (Å²) in [4.78, 5) is 15.3. The van der Waals surface area contributed by atoms with Crippen molar-refractivity contribution in [2.45, 2.75) is 6.92 Å². The average Bonchev–Trinajstić information content (AvgIpc) is 2.52. The Labute approximate surface area is 86.3 Å². The number of carbonyl (C=O) groups excluding carboxylic acids is 1. The Morgan fingerprint density at radius 2 is 2.57 bits per heavy atom. The second kappa shape index (κ2) is 5.69. The highest BCUT2D eigenvalue weighted by molar-refractivity contribution is 7.13. The van der Waals surface area contributed by atoms with Gasteiger partial charge in [-0.3, -0.25) is 10.1 Å². The lowest BCUT2D eigenvalue weighted by Crippen LogP contribution is -2.20. The number of hydrogen-bond donors (Lipinski definition) is 2. The molecule has 1 heterocycles. The smallest absolute Gasteiger partial charge is 0.252 e. The minimum atomic E-state index is -0.201. The number of nitrogens with zero attached hydrogens (tertiary/aromatic N) is 1. The molecule has 0 saturated carbocycles. The van der Waals surface area contributed by atoms with Gasteiger partial charge in [-0.1, -0.05) is 0 Å². The third-order valence-electron chi connectivity index (χ3n) is 1.36. The van der Waals surface area contributed by atoms with Gasteiger partial charge in [-0.05, 0) is 6.92 Å². The number of amides is 1. The Hall–Kier alpha value is -0.980. The summed E-state index contributed by atoms with van der Waals surface area (Å²) < 4.78 is 4.96. The molecule has 0 aliphatic heterocycles. The van der Waals surface area contributed by atoms with Gasteiger partial charge in [0.05, 0.1) is 12.3 Å². The minimum Gasteiger partial charge on any atom is -0.370 e. The van der Waals surface area contributed by atoms with Crippen molar-refractivity contribution < 1.29 is 9.53 Å². The zero-order valence-corrected chi connectivity index (χ0v) is 8.76. The third-order valence-corrected chi connectivity index (χ3v) is 2.24. The molecule has 0 radical (unpaired) electrons. The second-order valence-corrected chi connectivity index (χ2v) is 3.54. The van der Waals surface area contributed by atoms with Crippen molar-refractivity contribution in [2.75, 3.05) is 25.1 Å². The Morgan fingerprint density at radius 1 is 1.79 bits per heavy atom. The number of rotatable bonds is 5. The molecule has 0 bridgehead atoms. The third kappa shape index (κ3) is 3.82. The fourth-order valence-electron chi connectivity index (χ4n) is 0.815. The molecule has 0 aliphatic carbocycles. The molecule has 0 aliphatic rings. The van der Waals surface area contributed by atoms with E-state index in [1.165, 1.54) is 11.3 Å². The van der Waals surface area contributed by atoms with Crippen LogP contribution in [0.15, 0.2) is 5.38 Å². The molecule has 0 saturated heterocycles. The van der Waals surface area contributed by atoms with E-state index < -0.39 is 0 Å². The van der Waals surface area contributed by atoms with Crippen LogP contribution in [-0.2, 0) is 9.53 Å². The number of ether oxygens (including phenoxy) is 1. The number of nitrogens with two attached hydrogens (primary N) is 1. The van der Waals surface area contributed by atoms with Gasteiger partial charge in [0.25, 0.3) is 5.91 Å². The first kappa shape index (κ1) is 11.1. The first-order chi connectivity index (χ1) is 6.72. The first-order valence-corrected chi connectivity index (χ1v) is 5.10. The molecule has 5 nitrogen and oxygen atoms in total. The number of hydrogen-bond acceptors (Lipinski definition) is 5. The molecule has 0 fully saturated rings. The summed E-state index contributed by atoms with van der Waals surface area (Å²) in [6, 6.07) is 0. The highest BCUT2D eigenvalue weighted by atomic mass is 32.1. The summed E-state index contributed by atoms with van der Waals surface area (Å²) in [5.74, 6) is -0.201. The van der Waals surface area contributed by atoms with Gasteiger partial charge in [0.1, 0.15) is 6.61 Å². The average molecular weight is 215 g/mol. The molecule has 0 aromatic carbocycles. The SMILES string of the molecule is Cc1csc(NC(=O)COCCN)n1. The molecule has 0 spiro atoms. The molecular weight excluding hydrogens is 202 g/mol. The van der Waals surface area contributed by atoms with E-state index >= 15 is 0 Å². The predicted octanol–water partition coefficient (Wildman–Crippen LogP) is 0.365. The number of aromatic nitrogens is 1. The zero-order chi connectivity index (χ0) is 10.4. The van der Waals surface area contributed by atoms with Crippen molar-refractivity contribution in [3.05, 3.63) is 11.1 Å². The van der Waals surface area contributed by atoms with Gasteiger partial charge in [0.2, 0.25) is 0 Å². The maximum Gasteiger partial charge on any atom is 0.252 e. The maximum atomic E-state index is 11.2. The summed E-state index contributed by atoms with van der Waals surface area (Å²) in [6.07, 6.45) is 0. The van der Waals surface area contributed by atoms with E-state index in [1.54, 1.807) is 0 Å². The van der Waals surface area contributed by atoms with Crippen molar-refractivity contribution in [1.29, 1.82) is 0 Å². The van der Waals surface area contributed by atoms with E-state index in [4.69, 9.17) is 10.5 Å². The Kier molecular flexibility index (Phi) is 4.51. The molecule has 1 amide bonds. The summed E-state index contributed by atoms with van der Waals surface area (Å²) in [6.45, 7) is 2.71. The highest BCUT2D eigenvalue weighted by Gasteiger charge is 2.04. The lowest BCUT2D eigenvalue weighted by Gasteiger charge is -2.01. The molecule has 3 N–H and O–H groups in total. The van der Waals surface area contributed by atoms with Crippen LogP contribution in [-0.4, -0.2) is 30.6 Å². The van der Waals surface area contributed by atoms with Crippen LogP contribution in [0.25, 0.3) is 0 Å². The number of anilines is 1.